The van der Waals surface area contributed by atoms with Crippen molar-refractivity contribution in [1.82, 2.24) is 0 Å². The molecule has 14 atom stereocenters. The van der Waals surface area contributed by atoms with Gasteiger partial charge in [-0.15, -0.1) is 0 Å². The standard InChI is InChI=1S/C35H58O6/c1-20(2)24-8-11-33(7,41-24)29-23(38)18-32(6)25-17-22(37)28-30(3,4)26(40-27-16-21(36)10-15-39-27)9-12-35(28)19-34(25,35)14-13-31(29,32)5/h20-29,36-38H,8-19H2,1-7H3/t21?,22?,23?,24?,25?,26?,27?,28?,29?,31?,32-,33+,34?,35?/m0/s1. The van der Waals surface area contributed by atoms with Crippen LogP contribution in [0.3, 0.4) is 0 Å². The van der Waals surface area contributed by atoms with Gasteiger partial charge in [0.1, 0.15) is 0 Å². The van der Waals surface area contributed by atoms with E-state index in [-0.39, 0.29) is 81.3 Å². The summed E-state index contributed by atoms with van der Waals surface area (Å²) in [5, 5.41) is 34.2. The summed E-state index contributed by atoms with van der Waals surface area (Å²) in [6, 6.07) is 0. The smallest absolute Gasteiger partial charge is 0.160 e. The van der Waals surface area contributed by atoms with Gasteiger partial charge in [0, 0.05) is 12.3 Å². The topological polar surface area (TPSA) is 88.4 Å². The van der Waals surface area contributed by atoms with Gasteiger partial charge in [0.05, 0.1) is 42.7 Å². The molecule has 7 fully saturated rings. The molecule has 12 unspecified atom stereocenters. The minimum atomic E-state index is -0.367. The average molecular weight is 575 g/mol. The van der Waals surface area contributed by atoms with Gasteiger partial charge in [-0.05, 0) is 116 Å². The molecule has 0 amide bonds. The highest BCUT2D eigenvalue weighted by Crippen LogP contribution is 2.89. The molecule has 2 heterocycles. The Morgan fingerprint density at radius 3 is 2.22 bits per heavy atom. The maximum absolute atomic E-state index is 12.1. The van der Waals surface area contributed by atoms with Gasteiger partial charge in [0.25, 0.3) is 0 Å². The Morgan fingerprint density at radius 1 is 0.780 bits per heavy atom. The lowest BCUT2D eigenvalue weighted by atomic mass is 9.41. The molecule has 6 nitrogen and oxygen atoms in total. The zero-order valence-electron chi connectivity index (χ0n) is 26.8. The van der Waals surface area contributed by atoms with Crippen LogP contribution in [-0.4, -0.2) is 64.3 Å². The molecule has 234 valence electrons. The number of aliphatic hydroxyl groups is 3. The van der Waals surface area contributed by atoms with Crippen molar-refractivity contribution in [2.24, 2.45) is 50.7 Å². The van der Waals surface area contributed by atoms with Crippen molar-refractivity contribution in [3.05, 3.63) is 0 Å². The van der Waals surface area contributed by atoms with Gasteiger partial charge in [0.15, 0.2) is 6.29 Å². The highest BCUT2D eigenvalue weighted by atomic mass is 16.7. The predicted molar refractivity (Wildman–Crippen MR) is 157 cm³/mol. The van der Waals surface area contributed by atoms with Crippen molar-refractivity contribution in [1.29, 1.82) is 0 Å². The first kappa shape index (κ1) is 29.5. The highest BCUT2D eigenvalue weighted by Gasteiger charge is 2.85. The fraction of sp³-hybridized carbons (Fsp3) is 1.00. The van der Waals surface area contributed by atoms with Crippen LogP contribution < -0.4 is 0 Å². The highest BCUT2D eigenvalue weighted by molar-refractivity contribution is 5.33. The van der Waals surface area contributed by atoms with Gasteiger partial charge in [-0.3, -0.25) is 0 Å². The summed E-state index contributed by atoms with van der Waals surface area (Å²) in [6.45, 7) is 17.0. The molecule has 0 aromatic heterocycles. The molecule has 2 spiro atoms. The molecule has 2 aliphatic heterocycles. The first-order valence-electron chi connectivity index (χ1n) is 17.1. The monoisotopic (exact) mass is 574 g/mol. The van der Waals surface area contributed by atoms with Gasteiger partial charge >= 0.3 is 0 Å². The van der Waals surface area contributed by atoms with Crippen molar-refractivity contribution in [2.75, 3.05) is 6.61 Å². The molecule has 0 aromatic rings. The van der Waals surface area contributed by atoms with Crippen LogP contribution in [0.2, 0.25) is 0 Å². The Kier molecular flexibility index (Phi) is 6.58. The SMILES string of the molecule is CC(C)C1CC[C@](C)(C2C(O)C[C@@]3(C)C4CC(O)C5C(C)(C)C(OC6CC(O)CCO6)CCC56CC46CCC23C)O1. The van der Waals surface area contributed by atoms with E-state index in [1.807, 2.05) is 0 Å². The molecule has 7 aliphatic rings. The third kappa shape index (κ3) is 3.76. The molecule has 2 saturated heterocycles. The molecule has 6 heteroatoms. The van der Waals surface area contributed by atoms with E-state index in [0.29, 0.717) is 31.3 Å². The van der Waals surface area contributed by atoms with E-state index in [1.54, 1.807) is 0 Å². The van der Waals surface area contributed by atoms with Crippen LogP contribution in [0.4, 0.5) is 0 Å². The number of aliphatic hydroxyl groups excluding tert-OH is 3. The number of ether oxygens (including phenoxy) is 3. The van der Waals surface area contributed by atoms with Crippen LogP contribution in [0.5, 0.6) is 0 Å². The molecule has 7 rings (SSSR count). The molecule has 0 radical (unpaired) electrons. The number of hydrogen-bond donors (Lipinski definition) is 3. The van der Waals surface area contributed by atoms with Crippen LogP contribution >= 0.6 is 0 Å². The fourth-order valence-electron chi connectivity index (χ4n) is 13.4. The second-order valence-corrected chi connectivity index (χ2v) is 17.6. The lowest BCUT2D eigenvalue weighted by molar-refractivity contribution is -0.262. The van der Waals surface area contributed by atoms with Crippen molar-refractivity contribution in [3.63, 3.8) is 0 Å². The Labute approximate surface area is 248 Å². The second-order valence-electron chi connectivity index (χ2n) is 17.6. The van der Waals surface area contributed by atoms with Crippen molar-refractivity contribution < 1.29 is 29.5 Å². The Morgan fingerprint density at radius 2 is 1.54 bits per heavy atom. The first-order chi connectivity index (χ1) is 19.1. The van der Waals surface area contributed by atoms with Crippen LogP contribution in [0.1, 0.15) is 119 Å². The van der Waals surface area contributed by atoms with Crippen LogP contribution in [0.25, 0.3) is 0 Å². The van der Waals surface area contributed by atoms with Gasteiger partial charge in [-0.1, -0.05) is 41.5 Å². The minimum absolute atomic E-state index is 0.00568. The van der Waals surface area contributed by atoms with E-state index in [1.165, 1.54) is 12.8 Å². The molecule has 0 aromatic carbocycles. The van der Waals surface area contributed by atoms with Crippen LogP contribution in [0.15, 0.2) is 0 Å². The van der Waals surface area contributed by atoms with E-state index in [2.05, 4.69) is 48.5 Å². The van der Waals surface area contributed by atoms with E-state index < -0.39 is 0 Å². The summed E-state index contributed by atoms with van der Waals surface area (Å²) in [7, 11) is 0. The van der Waals surface area contributed by atoms with Crippen molar-refractivity contribution in [2.45, 2.75) is 162 Å². The molecule has 5 aliphatic carbocycles. The number of rotatable bonds is 4. The van der Waals surface area contributed by atoms with Crippen LogP contribution in [0, 0.1) is 50.7 Å². The van der Waals surface area contributed by atoms with E-state index in [9.17, 15) is 15.3 Å². The summed E-state index contributed by atoms with van der Waals surface area (Å²) >= 11 is 0. The third-order valence-corrected chi connectivity index (χ3v) is 15.3. The Balaban J connectivity index is 1.17. The van der Waals surface area contributed by atoms with Gasteiger partial charge < -0.3 is 29.5 Å². The summed E-state index contributed by atoms with van der Waals surface area (Å²) in [6.07, 6.45) is 9.54. The fourth-order valence-corrected chi connectivity index (χ4v) is 13.4. The molecular formula is C35H58O6. The second kappa shape index (κ2) is 9.16. The van der Waals surface area contributed by atoms with Crippen molar-refractivity contribution in [3.8, 4) is 0 Å². The van der Waals surface area contributed by atoms with E-state index >= 15 is 0 Å². The summed E-state index contributed by atoms with van der Waals surface area (Å²) in [5.74, 6) is 1.27. The first-order valence-corrected chi connectivity index (χ1v) is 17.1. The zero-order valence-corrected chi connectivity index (χ0v) is 26.8. The average Bonchev–Trinajstić information content (AvgIpc) is 3.24. The predicted octanol–water partition coefficient (Wildman–Crippen LogP) is 5.84. The molecule has 5 saturated carbocycles. The zero-order chi connectivity index (χ0) is 29.4. The summed E-state index contributed by atoms with van der Waals surface area (Å²) < 4.78 is 19.4. The third-order valence-electron chi connectivity index (χ3n) is 15.3. The van der Waals surface area contributed by atoms with E-state index in [0.717, 1.165) is 44.9 Å². The summed E-state index contributed by atoms with van der Waals surface area (Å²) in [4.78, 5) is 0. The normalized spacial score (nSPS) is 59.3. The van der Waals surface area contributed by atoms with Gasteiger partial charge in [-0.25, -0.2) is 0 Å². The Bertz CT molecular complexity index is 1050. The maximum atomic E-state index is 12.1. The van der Waals surface area contributed by atoms with Gasteiger partial charge in [0.2, 0.25) is 0 Å². The number of hydrogen-bond acceptors (Lipinski definition) is 6. The quantitative estimate of drug-likeness (QED) is 0.366. The lowest BCUT2D eigenvalue weighted by Gasteiger charge is -2.64. The van der Waals surface area contributed by atoms with Crippen LogP contribution in [-0.2, 0) is 14.2 Å². The molecule has 3 N–H and O–H groups in total. The number of fused-ring (bicyclic) bond motifs is 2. The maximum Gasteiger partial charge on any atom is 0.160 e. The molecular weight excluding hydrogens is 516 g/mol. The largest absolute Gasteiger partial charge is 0.393 e. The van der Waals surface area contributed by atoms with Gasteiger partial charge in [-0.2, -0.15) is 0 Å². The minimum Gasteiger partial charge on any atom is -0.393 e. The molecule has 0 bridgehead atoms. The Hall–Kier alpha value is -0.240. The van der Waals surface area contributed by atoms with Crippen molar-refractivity contribution >= 4 is 0 Å². The lowest BCUT2D eigenvalue weighted by Crippen LogP contribution is -2.62. The van der Waals surface area contributed by atoms with E-state index in [4.69, 9.17) is 14.2 Å². The summed E-state index contributed by atoms with van der Waals surface area (Å²) in [5.41, 5.74) is -0.0548. The molecule has 41 heavy (non-hydrogen) atoms.